The number of rotatable bonds is 2. The summed E-state index contributed by atoms with van der Waals surface area (Å²) in [6.07, 6.45) is 0. The maximum absolute atomic E-state index is 7.91. The molecule has 1 nitrogen and oxygen atoms in total. The Morgan fingerprint density at radius 2 is 0.600 bits per heavy atom. The molecule has 0 bridgehead atoms. The van der Waals surface area contributed by atoms with E-state index >= 15 is 0 Å². The summed E-state index contributed by atoms with van der Waals surface area (Å²) < 4.78 is 67.3. The van der Waals surface area contributed by atoms with Crippen LogP contribution < -0.4 is 62.2 Å². The van der Waals surface area contributed by atoms with Gasteiger partial charge in [0.25, 0.3) is 0 Å². The molecule has 0 amide bonds. The number of fused-ring (bicyclic) bond motifs is 18. The first kappa shape index (κ1) is 62.4. The molecule has 5 aliphatic rings. The molecule has 20 rings (SSSR count). The average Bonchev–Trinajstić information content (AvgIpc) is 1.54. The van der Waals surface area contributed by atoms with Gasteiger partial charge in [-0.05, 0) is 176 Å². The van der Waals surface area contributed by atoms with Crippen LogP contribution >= 0.6 is 0 Å². The maximum Gasteiger partial charge on any atom is 0.180 e. The van der Waals surface area contributed by atoms with E-state index in [4.69, 9.17) is 15.4 Å². The maximum atomic E-state index is 7.91. The van der Waals surface area contributed by atoms with Gasteiger partial charge in [0.1, 0.15) is 43.5 Å². The molecule has 0 unspecified atom stereocenters. The molecule has 105 heavy (non-hydrogen) atoms. The van der Waals surface area contributed by atoms with Crippen molar-refractivity contribution in [3.05, 3.63) is 349 Å². The van der Waals surface area contributed by atoms with E-state index in [0.717, 1.165) is 0 Å². The Hall–Kier alpha value is -10.0. The monoisotopic (exact) mass is 1450 g/mol. The quantitative estimate of drug-likeness (QED) is 0.157. The molecule has 0 radical (unpaired) electrons. The van der Waals surface area contributed by atoms with Crippen molar-refractivity contribution in [3.63, 3.8) is 0 Å². The fraction of sp³-hybridized carbons (Fsp3) is 0.152. The molecule has 5 aliphatic heterocycles. The van der Waals surface area contributed by atoms with Crippen LogP contribution in [0.4, 0.5) is 0 Å². The lowest BCUT2D eigenvalue weighted by Crippen LogP contribution is -2.72. The van der Waals surface area contributed by atoms with Gasteiger partial charge in [-0.25, -0.2) is 0 Å². The van der Waals surface area contributed by atoms with Gasteiger partial charge in [0.05, 0.1) is 11.0 Å². The van der Waals surface area contributed by atoms with E-state index in [1.54, 1.807) is 41.5 Å². The Kier molecular flexibility index (Phi) is 17.3. The van der Waals surface area contributed by atoms with Gasteiger partial charge in [-0.2, -0.15) is 0 Å². The molecule has 6 heteroatoms. The zero-order valence-corrected chi connectivity index (χ0v) is 68.4. The van der Waals surface area contributed by atoms with Gasteiger partial charge in [-0.15, -0.1) is 0 Å². The highest BCUT2D eigenvalue weighted by molar-refractivity contribution is 7.22. The molecule has 1 aromatic heterocycles. The van der Waals surface area contributed by atoms with E-state index in [-0.39, 0.29) is 34.0 Å². The molecule has 0 spiro atoms. The van der Waals surface area contributed by atoms with E-state index in [2.05, 4.69) is 360 Å². The van der Waals surface area contributed by atoms with Gasteiger partial charge >= 0.3 is 0 Å². The van der Waals surface area contributed by atoms with Crippen LogP contribution in [0, 0.1) is 34.6 Å². The SMILES string of the molecule is CC.Cc1ccc2c(c1)-c1ccccc1[Si]2(C)C.Cc1ccc2c(c1)[Si](C)(C)c1ccccc1-2.Cc1cccc2c1-c1ccccc1[Si]2(C)C.Cc1cccc2c1-c1ccccc1[Si]2(c1ccccc1)c1ccccc1.Cc1cccc2c1[Si](C)(C)c1ccccc1-2.[2H]c1c([2H])c([2H])c2c(oc3c([2H])c([2H])c([2H])c([2H])c32)c1[2H]. The normalized spacial score (nSPS) is 15.5. The molecule has 0 atom stereocenters. The minimum atomic E-state index is -2.26. The van der Waals surface area contributed by atoms with E-state index in [1.165, 1.54) is 104 Å². The number of benzene rings is 14. The zero-order valence-electron chi connectivity index (χ0n) is 71.4. The number of aryl methyl sites for hydroxylation is 5. The van der Waals surface area contributed by atoms with Crippen LogP contribution in [0.15, 0.2) is 326 Å². The largest absolute Gasteiger partial charge is 0.456 e. The second kappa shape index (κ2) is 29.1. The van der Waals surface area contributed by atoms with Crippen LogP contribution in [0.1, 0.15) is 52.6 Å². The Morgan fingerprint density at radius 1 is 0.257 bits per heavy atom. The van der Waals surface area contributed by atoms with Crippen LogP contribution in [0.2, 0.25) is 52.4 Å². The summed E-state index contributed by atoms with van der Waals surface area (Å²) in [7, 11) is -7.91. The minimum Gasteiger partial charge on any atom is -0.456 e. The van der Waals surface area contributed by atoms with Crippen LogP contribution in [0.25, 0.3) is 77.6 Å². The number of para-hydroxylation sites is 2. The smallest absolute Gasteiger partial charge is 0.180 e. The van der Waals surface area contributed by atoms with Crippen molar-refractivity contribution in [1.82, 2.24) is 0 Å². The Morgan fingerprint density at radius 3 is 1.15 bits per heavy atom. The third-order valence-corrected chi connectivity index (χ3v) is 41.8. The summed E-state index contributed by atoms with van der Waals surface area (Å²) in [4.78, 5) is 0. The van der Waals surface area contributed by atoms with Crippen LogP contribution in [0.5, 0.6) is 0 Å². The fourth-order valence-electron chi connectivity index (χ4n) is 17.6. The molecule has 520 valence electrons. The lowest BCUT2D eigenvalue weighted by molar-refractivity contribution is 0.669. The second-order valence-electron chi connectivity index (χ2n) is 30.3. The van der Waals surface area contributed by atoms with E-state index in [1.807, 2.05) is 13.8 Å². The van der Waals surface area contributed by atoms with Crippen molar-refractivity contribution in [1.29, 1.82) is 0 Å². The van der Waals surface area contributed by atoms with Crippen molar-refractivity contribution in [2.24, 2.45) is 0 Å². The summed E-state index contributed by atoms with van der Waals surface area (Å²) in [5, 5.41) is 18.7. The van der Waals surface area contributed by atoms with Crippen LogP contribution in [0.3, 0.4) is 0 Å². The van der Waals surface area contributed by atoms with Crippen molar-refractivity contribution in [2.45, 2.75) is 101 Å². The molecule has 0 saturated carbocycles. The lowest BCUT2D eigenvalue weighted by Gasteiger charge is -2.31. The Labute approximate surface area is 641 Å². The third kappa shape index (κ3) is 12.6. The first-order valence-corrected chi connectivity index (χ1v) is 51.1. The summed E-state index contributed by atoms with van der Waals surface area (Å²) in [6.45, 7) is 34.7. The lowest BCUT2D eigenvalue weighted by atomic mass is 10.0. The highest BCUT2D eigenvalue weighted by atomic mass is 28.3. The standard InChI is InChI=1S/C25H20Si.4C15H16Si.C12H8O.C2H6/c1-19-11-10-18-24-25(19)22-16-8-9-17-23(22)26(24,20-12-4-2-5-13-20)21-14-6-3-7-15-21;1-11-7-6-9-13-12-8-4-5-10-14(12)16(2,3)15(11)13;1-11-7-6-10-14-15(11)12-8-4-5-9-13(12)16(14,2)3;1-11-8-9-15-13(10-11)12-6-4-5-7-14(12)16(15,2)3;1-11-8-9-13-12-6-4-5-7-14(12)16(2,3)15(13)10-11;1-3-7-11-9(5-1)10-6-2-4-8-12(10)13-11;1-2/h2-18H,1H3;4*4-10H,1-3H3;1-8H;1-2H3/i;;;;;1D,2D,3D,4D,5D,6D,7D,8D;. The molecule has 15 aromatic rings. The molecule has 14 aromatic carbocycles. The number of hydrogen-bond donors (Lipinski definition) is 0. The van der Waals surface area contributed by atoms with Gasteiger partial charge in [-0.1, -0.05) is 392 Å². The van der Waals surface area contributed by atoms with E-state index in [0.29, 0.717) is 0 Å². The fourth-order valence-corrected chi connectivity index (χ4v) is 35.9. The third-order valence-electron chi connectivity index (χ3n) is 22.5. The Bertz CT molecular complexity index is 6090. The summed E-state index contributed by atoms with van der Waals surface area (Å²) in [5.41, 5.74) is 21.4. The van der Waals surface area contributed by atoms with Gasteiger partial charge in [0, 0.05) is 10.8 Å². The molecular weight excluding hydrogens is 1350 g/mol. The van der Waals surface area contributed by atoms with Crippen LogP contribution in [-0.2, 0) is 0 Å². The summed E-state index contributed by atoms with van der Waals surface area (Å²) >= 11 is 0. The number of furan rings is 1. The highest BCUT2D eigenvalue weighted by Gasteiger charge is 2.49. The minimum absolute atomic E-state index is 0.0250. The predicted octanol–water partition coefficient (Wildman–Crippen LogP) is 19.2. The van der Waals surface area contributed by atoms with E-state index < -0.39 is 76.6 Å². The zero-order chi connectivity index (χ0) is 80.5. The molecule has 0 aliphatic carbocycles. The molecule has 0 N–H and O–H groups in total. The van der Waals surface area contributed by atoms with Crippen molar-refractivity contribution >= 4 is 125 Å². The van der Waals surface area contributed by atoms with Crippen molar-refractivity contribution in [2.75, 3.05) is 0 Å². The molecule has 6 heterocycles. The van der Waals surface area contributed by atoms with E-state index in [9.17, 15) is 0 Å². The van der Waals surface area contributed by atoms with Crippen molar-refractivity contribution < 1.29 is 15.4 Å². The second-order valence-corrected chi connectivity index (χ2v) is 51.3. The topological polar surface area (TPSA) is 13.1 Å². The molecular formula is C99H98OSi5. The van der Waals surface area contributed by atoms with Crippen LogP contribution in [-0.4, -0.2) is 40.4 Å². The van der Waals surface area contributed by atoms with Gasteiger partial charge in [0.2, 0.25) is 0 Å². The van der Waals surface area contributed by atoms with Gasteiger partial charge < -0.3 is 4.42 Å². The number of hydrogen-bond acceptors (Lipinski definition) is 1. The van der Waals surface area contributed by atoms with Gasteiger partial charge in [-0.3, -0.25) is 0 Å². The molecule has 0 saturated heterocycles. The predicted molar refractivity (Wildman–Crippen MR) is 472 cm³/mol. The highest BCUT2D eigenvalue weighted by Crippen LogP contribution is 2.36. The van der Waals surface area contributed by atoms with Crippen molar-refractivity contribution in [3.8, 4) is 55.6 Å². The molecule has 0 fully saturated rings. The first-order chi connectivity index (χ1) is 54.1. The average molecular weight is 1450 g/mol. The van der Waals surface area contributed by atoms with Gasteiger partial charge in [0.15, 0.2) is 8.07 Å². The first-order valence-electron chi connectivity index (χ1n) is 41.1. The summed E-state index contributed by atoms with van der Waals surface area (Å²) in [6, 6.07) is 97.7. The summed E-state index contributed by atoms with van der Waals surface area (Å²) in [5.74, 6) is 0. The Balaban J connectivity index is 0.000000113.